The molecule has 4 rings (SSSR count). The third-order valence-electron chi connectivity index (χ3n) is 7.89. The summed E-state index contributed by atoms with van der Waals surface area (Å²) in [6.07, 6.45) is 14.9. The van der Waals surface area contributed by atoms with Crippen LogP contribution in [0.4, 0.5) is 0 Å². The zero-order valence-corrected chi connectivity index (χ0v) is 20.9. The predicted octanol–water partition coefficient (Wildman–Crippen LogP) is 8.85. The number of benzene rings is 2. The molecule has 0 radical (unpaired) electrons. The molecule has 0 bridgehead atoms. The van der Waals surface area contributed by atoms with Gasteiger partial charge in [0, 0.05) is 0 Å². The molecule has 2 atom stereocenters. The Balaban J connectivity index is 1.26. The maximum Gasteiger partial charge on any atom is 0.106 e. The van der Waals surface area contributed by atoms with Gasteiger partial charge in [-0.1, -0.05) is 101 Å². The standard InChI is InChI=1S/C31H44O2/c1-3-5-6-7-9-30-22-33-31(23-32-30)29-20-18-28(19-21-29)27-16-14-26(15-17-27)25-12-10-24(8-4-2)11-13-25/h14-21,24-25,30-31H,3-13,22-23H2,1-2H3/t24-,25-,30-,31-/m1/s1. The van der Waals surface area contributed by atoms with E-state index in [4.69, 9.17) is 9.47 Å². The molecule has 180 valence electrons. The minimum absolute atomic E-state index is 0.0659. The van der Waals surface area contributed by atoms with Gasteiger partial charge in [-0.15, -0.1) is 0 Å². The maximum atomic E-state index is 6.16. The molecule has 2 aliphatic rings. The summed E-state index contributed by atoms with van der Waals surface area (Å²) in [5.74, 6) is 1.73. The lowest BCUT2D eigenvalue weighted by molar-refractivity contribution is -0.137. The number of hydrogen-bond donors (Lipinski definition) is 0. The van der Waals surface area contributed by atoms with Gasteiger partial charge in [0.2, 0.25) is 0 Å². The molecule has 2 heteroatoms. The number of rotatable bonds is 10. The van der Waals surface area contributed by atoms with Crippen molar-refractivity contribution in [3.05, 3.63) is 59.7 Å². The van der Waals surface area contributed by atoms with Crippen molar-refractivity contribution in [3.8, 4) is 11.1 Å². The molecule has 1 aliphatic heterocycles. The van der Waals surface area contributed by atoms with E-state index < -0.39 is 0 Å². The van der Waals surface area contributed by atoms with Gasteiger partial charge in [0.1, 0.15) is 6.10 Å². The van der Waals surface area contributed by atoms with Gasteiger partial charge in [0.05, 0.1) is 19.3 Å². The van der Waals surface area contributed by atoms with Gasteiger partial charge in [-0.05, 0) is 66.2 Å². The van der Waals surface area contributed by atoms with Crippen molar-refractivity contribution in [2.24, 2.45) is 5.92 Å². The van der Waals surface area contributed by atoms with E-state index in [2.05, 4.69) is 62.4 Å². The Bertz CT molecular complexity index is 794. The van der Waals surface area contributed by atoms with Crippen molar-refractivity contribution in [3.63, 3.8) is 0 Å². The normalized spacial score (nSPS) is 25.8. The van der Waals surface area contributed by atoms with Gasteiger partial charge >= 0.3 is 0 Å². The summed E-state index contributed by atoms with van der Waals surface area (Å²) >= 11 is 0. The molecule has 2 nitrogen and oxygen atoms in total. The van der Waals surface area contributed by atoms with Crippen molar-refractivity contribution >= 4 is 0 Å². The number of hydrogen-bond acceptors (Lipinski definition) is 2. The summed E-state index contributed by atoms with van der Waals surface area (Å²) in [6, 6.07) is 18.3. The predicted molar refractivity (Wildman–Crippen MR) is 139 cm³/mol. The summed E-state index contributed by atoms with van der Waals surface area (Å²) in [7, 11) is 0. The summed E-state index contributed by atoms with van der Waals surface area (Å²) in [6.45, 7) is 5.97. The Kier molecular flexibility index (Phi) is 9.44. The molecule has 1 aliphatic carbocycles. The molecule has 0 N–H and O–H groups in total. The molecule has 2 aromatic carbocycles. The van der Waals surface area contributed by atoms with E-state index in [-0.39, 0.29) is 12.2 Å². The molecule has 0 aromatic heterocycles. The SMILES string of the molecule is CCCCCC[C@@H]1CO[C@@H](c2ccc(-c3ccc([C@H]4CC[C@H](CCC)CC4)cc3)cc2)CO1. The van der Waals surface area contributed by atoms with Gasteiger partial charge in [-0.2, -0.15) is 0 Å². The molecule has 1 saturated heterocycles. The van der Waals surface area contributed by atoms with Crippen molar-refractivity contribution < 1.29 is 9.47 Å². The molecule has 0 amide bonds. The Hall–Kier alpha value is -1.64. The first-order valence-corrected chi connectivity index (χ1v) is 13.7. The molecule has 1 heterocycles. The average molecular weight is 449 g/mol. The first-order chi connectivity index (χ1) is 16.3. The Morgan fingerprint density at radius 1 is 0.636 bits per heavy atom. The van der Waals surface area contributed by atoms with Gasteiger partial charge in [-0.25, -0.2) is 0 Å². The highest BCUT2D eigenvalue weighted by Gasteiger charge is 2.24. The summed E-state index contributed by atoms with van der Waals surface area (Å²) < 4.78 is 12.3. The lowest BCUT2D eigenvalue weighted by atomic mass is 9.77. The van der Waals surface area contributed by atoms with E-state index in [0.717, 1.165) is 24.9 Å². The largest absolute Gasteiger partial charge is 0.373 e. The highest BCUT2D eigenvalue weighted by molar-refractivity contribution is 5.64. The summed E-state index contributed by atoms with van der Waals surface area (Å²) in [5, 5.41) is 0. The molecule has 0 spiro atoms. The highest BCUT2D eigenvalue weighted by atomic mass is 16.6. The third-order valence-corrected chi connectivity index (χ3v) is 7.89. The van der Waals surface area contributed by atoms with Crippen LogP contribution in [0.25, 0.3) is 11.1 Å². The van der Waals surface area contributed by atoms with Gasteiger partial charge in [-0.3, -0.25) is 0 Å². The van der Waals surface area contributed by atoms with Crippen molar-refractivity contribution in [2.45, 2.75) is 103 Å². The topological polar surface area (TPSA) is 18.5 Å². The molecular weight excluding hydrogens is 404 g/mol. The van der Waals surface area contributed by atoms with Crippen LogP contribution in [0.15, 0.2) is 48.5 Å². The number of unbranched alkanes of at least 4 members (excludes halogenated alkanes) is 3. The second-order valence-corrected chi connectivity index (χ2v) is 10.4. The zero-order chi connectivity index (χ0) is 22.9. The lowest BCUT2D eigenvalue weighted by Gasteiger charge is -2.30. The van der Waals surface area contributed by atoms with Crippen LogP contribution in [-0.2, 0) is 9.47 Å². The average Bonchev–Trinajstić information content (AvgIpc) is 2.88. The first-order valence-electron chi connectivity index (χ1n) is 13.7. The maximum absolute atomic E-state index is 6.16. The summed E-state index contributed by atoms with van der Waals surface area (Å²) in [4.78, 5) is 0. The molecule has 2 aromatic rings. The van der Waals surface area contributed by atoms with E-state index in [1.807, 2.05) is 0 Å². The Morgan fingerprint density at radius 3 is 1.88 bits per heavy atom. The van der Waals surface area contributed by atoms with E-state index >= 15 is 0 Å². The van der Waals surface area contributed by atoms with Crippen LogP contribution < -0.4 is 0 Å². The van der Waals surface area contributed by atoms with E-state index in [0.29, 0.717) is 6.61 Å². The van der Waals surface area contributed by atoms with Gasteiger partial charge < -0.3 is 9.47 Å². The third kappa shape index (κ3) is 6.93. The van der Waals surface area contributed by atoms with Crippen LogP contribution in [0.3, 0.4) is 0 Å². The summed E-state index contributed by atoms with van der Waals surface area (Å²) in [5.41, 5.74) is 5.34. The van der Waals surface area contributed by atoms with E-state index in [1.165, 1.54) is 86.5 Å². The second kappa shape index (κ2) is 12.7. The Morgan fingerprint density at radius 2 is 1.30 bits per heavy atom. The zero-order valence-electron chi connectivity index (χ0n) is 20.9. The molecule has 33 heavy (non-hydrogen) atoms. The van der Waals surface area contributed by atoms with Crippen molar-refractivity contribution in [1.29, 1.82) is 0 Å². The fourth-order valence-electron chi connectivity index (χ4n) is 5.73. The molecule has 1 saturated carbocycles. The van der Waals surface area contributed by atoms with Crippen LogP contribution in [-0.4, -0.2) is 19.3 Å². The van der Waals surface area contributed by atoms with Gasteiger partial charge in [0.15, 0.2) is 0 Å². The van der Waals surface area contributed by atoms with Crippen LogP contribution in [0.1, 0.15) is 108 Å². The lowest BCUT2D eigenvalue weighted by Crippen LogP contribution is -2.31. The fraction of sp³-hybridized carbons (Fsp3) is 0.613. The van der Waals surface area contributed by atoms with Crippen molar-refractivity contribution in [2.75, 3.05) is 13.2 Å². The molecular formula is C31H44O2. The second-order valence-electron chi connectivity index (χ2n) is 10.4. The van der Waals surface area contributed by atoms with Crippen LogP contribution in [0, 0.1) is 5.92 Å². The minimum Gasteiger partial charge on any atom is -0.373 e. The van der Waals surface area contributed by atoms with Crippen LogP contribution in [0.2, 0.25) is 0 Å². The quantitative estimate of drug-likeness (QED) is 0.338. The smallest absolute Gasteiger partial charge is 0.106 e. The van der Waals surface area contributed by atoms with Crippen LogP contribution in [0.5, 0.6) is 0 Å². The molecule has 0 unspecified atom stereocenters. The first kappa shape index (κ1) is 24.5. The van der Waals surface area contributed by atoms with Crippen molar-refractivity contribution in [1.82, 2.24) is 0 Å². The molecule has 2 fully saturated rings. The highest BCUT2D eigenvalue weighted by Crippen LogP contribution is 2.38. The fourth-order valence-corrected chi connectivity index (χ4v) is 5.73. The number of ether oxygens (including phenoxy) is 2. The minimum atomic E-state index is 0.0659. The monoisotopic (exact) mass is 448 g/mol. The van der Waals surface area contributed by atoms with E-state index in [9.17, 15) is 0 Å². The van der Waals surface area contributed by atoms with Gasteiger partial charge in [0.25, 0.3) is 0 Å². The van der Waals surface area contributed by atoms with E-state index in [1.54, 1.807) is 0 Å². The Labute approximate surface area is 202 Å². The van der Waals surface area contributed by atoms with Crippen LogP contribution >= 0.6 is 0 Å².